The highest BCUT2D eigenvalue weighted by molar-refractivity contribution is 5.97. The molecule has 1 heterocycles. The van der Waals surface area contributed by atoms with Crippen molar-refractivity contribution in [1.29, 1.82) is 0 Å². The van der Waals surface area contributed by atoms with Gasteiger partial charge in [0.1, 0.15) is 12.3 Å². The van der Waals surface area contributed by atoms with Gasteiger partial charge in [0.05, 0.1) is 12.8 Å². The molecular weight excluding hydrogens is 366 g/mol. The Balaban J connectivity index is 1.65. The molecule has 0 aliphatic rings. The van der Waals surface area contributed by atoms with E-state index in [2.05, 4.69) is 10.6 Å². The number of rotatable bonds is 7. The lowest BCUT2D eigenvalue weighted by atomic mass is 10.1. The number of amides is 4. The first-order valence-corrected chi connectivity index (χ1v) is 8.46. The maximum absolute atomic E-state index is 12.0. The van der Waals surface area contributed by atoms with Crippen LogP contribution in [0.5, 0.6) is 0 Å². The van der Waals surface area contributed by atoms with Crippen molar-refractivity contribution in [3.8, 4) is 0 Å². The second-order valence-corrected chi connectivity index (χ2v) is 5.95. The van der Waals surface area contributed by atoms with E-state index in [1.54, 1.807) is 24.3 Å². The minimum atomic E-state index is -0.802. The molecule has 0 atom stereocenters. The topological polar surface area (TPSA) is 127 Å². The van der Waals surface area contributed by atoms with Crippen molar-refractivity contribution in [2.75, 3.05) is 13.2 Å². The van der Waals surface area contributed by atoms with Crippen LogP contribution in [0.1, 0.15) is 27.2 Å². The van der Waals surface area contributed by atoms with Crippen LogP contribution in [-0.4, -0.2) is 37.0 Å². The van der Waals surface area contributed by atoms with Crippen molar-refractivity contribution in [3.05, 3.63) is 59.0 Å². The first kappa shape index (κ1) is 20.7. The molecule has 0 saturated heterocycles. The molecule has 2 aromatic rings. The predicted molar refractivity (Wildman–Crippen MR) is 98.3 cm³/mol. The standard InChI is InChI=1S/C19H21N3O6/c1-12-5-6-14(8-13(12)2)18(25)20-10-17(24)28-11-16(23)22-19(26)21-9-15-4-3-7-27-15/h3-8H,9-11H2,1-2H3,(H,20,25)(H2,21,22,23,26). The quantitative estimate of drug-likeness (QED) is 0.613. The van der Waals surface area contributed by atoms with Crippen molar-refractivity contribution < 1.29 is 28.3 Å². The Morgan fingerprint density at radius 2 is 1.82 bits per heavy atom. The summed E-state index contributed by atoms with van der Waals surface area (Å²) in [6, 6.07) is 7.75. The lowest BCUT2D eigenvalue weighted by molar-refractivity contribution is -0.147. The number of aryl methyl sites for hydroxylation is 2. The average Bonchev–Trinajstić information content (AvgIpc) is 3.18. The van der Waals surface area contributed by atoms with Crippen LogP contribution in [-0.2, 0) is 20.9 Å². The third kappa shape index (κ3) is 6.60. The monoisotopic (exact) mass is 387 g/mol. The first-order chi connectivity index (χ1) is 13.3. The molecule has 0 saturated carbocycles. The summed E-state index contributed by atoms with van der Waals surface area (Å²) in [4.78, 5) is 46.8. The fourth-order valence-electron chi connectivity index (χ4n) is 2.12. The molecule has 0 bridgehead atoms. The zero-order valence-electron chi connectivity index (χ0n) is 15.5. The third-order valence-electron chi connectivity index (χ3n) is 3.78. The van der Waals surface area contributed by atoms with Gasteiger partial charge >= 0.3 is 12.0 Å². The van der Waals surface area contributed by atoms with Gasteiger partial charge in [0.15, 0.2) is 6.61 Å². The Bertz CT molecular complexity index is 861. The Kier molecular flexibility index (Phi) is 7.32. The van der Waals surface area contributed by atoms with Crippen molar-refractivity contribution >= 4 is 23.8 Å². The van der Waals surface area contributed by atoms with Crippen LogP contribution in [0.25, 0.3) is 0 Å². The van der Waals surface area contributed by atoms with E-state index >= 15 is 0 Å². The molecular formula is C19H21N3O6. The van der Waals surface area contributed by atoms with E-state index in [1.165, 1.54) is 6.26 Å². The van der Waals surface area contributed by atoms with E-state index in [0.717, 1.165) is 11.1 Å². The van der Waals surface area contributed by atoms with Gasteiger partial charge in [0.2, 0.25) is 0 Å². The zero-order valence-corrected chi connectivity index (χ0v) is 15.5. The number of carbonyl (C=O) groups is 4. The van der Waals surface area contributed by atoms with Crippen LogP contribution in [0.2, 0.25) is 0 Å². The number of imide groups is 1. The number of hydrogen-bond donors (Lipinski definition) is 3. The highest BCUT2D eigenvalue weighted by Crippen LogP contribution is 2.09. The second-order valence-electron chi connectivity index (χ2n) is 5.95. The summed E-state index contributed by atoms with van der Waals surface area (Å²) < 4.78 is 9.75. The maximum Gasteiger partial charge on any atom is 0.325 e. The summed E-state index contributed by atoms with van der Waals surface area (Å²) in [5.74, 6) is -1.51. The van der Waals surface area contributed by atoms with E-state index in [4.69, 9.17) is 9.15 Å². The number of ether oxygens (including phenoxy) is 1. The van der Waals surface area contributed by atoms with Crippen LogP contribution in [0.15, 0.2) is 41.0 Å². The normalized spacial score (nSPS) is 10.1. The molecule has 2 rings (SSSR count). The molecule has 9 nitrogen and oxygen atoms in total. The van der Waals surface area contributed by atoms with E-state index in [9.17, 15) is 19.2 Å². The van der Waals surface area contributed by atoms with Gasteiger partial charge in [-0.05, 0) is 49.2 Å². The summed E-state index contributed by atoms with van der Waals surface area (Å²) in [5.41, 5.74) is 2.43. The molecule has 4 amide bonds. The summed E-state index contributed by atoms with van der Waals surface area (Å²) in [6.45, 7) is 2.87. The van der Waals surface area contributed by atoms with Gasteiger partial charge in [-0.2, -0.15) is 0 Å². The molecule has 9 heteroatoms. The molecule has 3 N–H and O–H groups in total. The smallest absolute Gasteiger partial charge is 0.325 e. The Hall–Kier alpha value is -3.62. The summed E-state index contributed by atoms with van der Waals surface area (Å²) >= 11 is 0. The first-order valence-electron chi connectivity index (χ1n) is 8.46. The summed E-state index contributed by atoms with van der Waals surface area (Å²) in [7, 11) is 0. The fourth-order valence-corrected chi connectivity index (χ4v) is 2.12. The van der Waals surface area contributed by atoms with Crippen molar-refractivity contribution in [1.82, 2.24) is 16.0 Å². The molecule has 0 aliphatic carbocycles. The Labute approximate surface area is 161 Å². The van der Waals surface area contributed by atoms with Gasteiger partial charge in [-0.3, -0.25) is 19.7 Å². The molecule has 0 radical (unpaired) electrons. The van der Waals surface area contributed by atoms with Crippen LogP contribution in [0, 0.1) is 13.8 Å². The minimum Gasteiger partial charge on any atom is -0.467 e. The second kappa shape index (κ2) is 9.91. The van der Waals surface area contributed by atoms with Gasteiger partial charge in [0, 0.05) is 5.56 Å². The van der Waals surface area contributed by atoms with Gasteiger partial charge in [-0.15, -0.1) is 0 Å². The van der Waals surface area contributed by atoms with Crippen LogP contribution >= 0.6 is 0 Å². The van der Waals surface area contributed by atoms with Gasteiger partial charge in [-0.25, -0.2) is 4.79 Å². The fraction of sp³-hybridized carbons (Fsp3) is 0.263. The van der Waals surface area contributed by atoms with Crippen molar-refractivity contribution in [2.45, 2.75) is 20.4 Å². The number of esters is 1. The predicted octanol–water partition coefficient (Wildman–Crippen LogP) is 1.20. The largest absolute Gasteiger partial charge is 0.467 e. The lowest BCUT2D eigenvalue weighted by Crippen LogP contribution is -2.41. The third-order valence-corrected chi connectivity index (χ3v) is 3.78. The molecule has 0 unspecified atom stereocenters. The summed E-state index contributed by atoms with van der Waals surface area (Å²) in [5, 5.41) is 6.82. The van der Waals surface area contributed by atoms with Crippen molar-refractivity contribution in [3.63, 3.8) is 0 Å². The number of carbonyl (C=O) groups excluding carboxylic acids is 4. The van der Waals surface area contributed by atoms with E-state index in [0.29, 0.717) is 11.3 Å². The lowest BCUT2D eigenvalue weighted by Gasteiger charge is -2.08. The van der Waals surface area contributed by atoms with E-state index < -0.39 is 37.0 Å². The summed E-state index contributed by atoms with van der Waals surface area (Å²) in [6.07, 6.45) is 1.46. The van der Waals surface area contributed by atoms with E-state index in [1.807, 2.05) is 25.2 Å². The number of furan rings is 1. The van der Waals surface area contributed by atoms with Gasteiger partial charge < -0.3 is 19.8 Å². The Morgan fingerprint density at radius 3 is 2.50 bits per heavy atom. The number of benzene rings is 1. The van der Waals surface area contributed by atoms with Gasteiger partial charge in [-0.1, -0.05) is 6.07 Å². The highest BCUT2D eigenvalue weighted by Gasteiger charge is 2.13. The van der Waals surface area contributed by atoms with Gasteiger partial charge in [0.25, 0.3) is 11.8 Å². The average molecular weight is 387 g/mol. The molecule has 1 aromatic carbocycles. The molecule has 0 aliphatic heterocycles. The molecule has 0 spiro atoms. The maximum atomic E-state index is 12.0. The Morgan fingerprint density at radius 1 is 1.04 bits per heavy atom. The van der Waals surface area contributed by atoms with Crippen LogP contribution in [0.4, 0.5) is 4.79 Å². The molecule has 0 fully saturated rings. The highest BCUT2D eigenvalue weighted by atomic mass is 16.5. The number of nitrogens with one attached hydrogen (secondary N) is 3. The van der Waals surface area contributed by atoms with Crippen molar-refractivity contribution in [2.24, 2.45) is 0 Å². The number of hydrogen-bond acceptors (Lipinski definition) is 6. The zero-order chi connectivity index (χ0) is 20.5. The molecule has 28 heavy (non-hydrogen) atoms. The van der Waals surface area contributed by atoms with Crippen LogP contribution in [0.3, 0.4) is 0 Å². The van der Waals surface area contributed by atoms with E-state index in [-0.39, 0.29) is 6.54 Å². The minimum absolute atomic E-state index is 0.108. The van der Waals surface area contributed by atoms with Crippen LogP contribution < -0.4 is 16.0 Å². The number of urea groups is 1. The SMILES string of the molecule is Cc1ccc(C(=O)NCC(=O)OCC(=O)NC(=O)NCc2ccco2)cc1C. The molecule has 1 aromatic heterocycles. The molecule has 148 valence electrons.